The zero-order valence-corrected chi connectivity index (χ0v) is 16.3. The van der Waals surface area contributed by atoms with E-state index in [-0.39, 0.29) is 11.7 Å². The van der Waals surface area contributed by atoms with E-state index in [1.165, 1.54) is 23.9 Å². The van der Waals surface area contributed by atoms with Crippen LogP contribution in [-0.2, 0) is 15.3 Å². The summed E-state index contributed by atoms with van der Waals surface area (Å²) in [6.45, 7) is 4.53. The Morgan fingerprint density at radius 1 is 1.33 bits per heavy atom. The molecule has 1 aromatic carbocycles. The van der Waals surface area contributed by atoms with E-state index in [0.717, 1.165) is 38.0 Å². The number of thioether (sulfide) groups is 1. The minimum Gasteiger partial charge on any atom is -0.343 e. The number of benzene rings is 1. The zero-order chi connectivity index (χ0) is 19.1. The summed E-state index contributed by atoms with van der Waals surface area (Å²) in [4.78, 5) is 6.78. The van der Waals surface area contributed by atoms with Crippen molar-refractivity contribution >= 4 is 16.9 Å². The van der Waals surface area contributed by atoms with Crippen molar-refractivity contribution in [3.63, 3.8) is 0 Å². The summed E-state index contributed by atoms with van der Waals surface area (Å²) in [5.74, 6) is -0.759. The van der Waals surface area contributed by atoms with Gasteiger partial charge in [0.05, 0.1) is 19.8 Å². The number of piperidine rings is 1. The summed E-state index contributed by atoms with van der Waals surface area (Å²) in [5, 5.41) is 11.9. The predicted molar refractivity (Wildman–Crippen MR) is 104 cm³/mol. The fraction of sp³-hybridized carbons (Fsp3) is 0.579. The second kappa shape index (κ2) is 9.51. The lowest BCUT2D eigenvalue weighted by Gasteiger charge is -2.41. The predicted octanol–water partition coefficient (Wildman–Crippen LogP) is 2.53. The molecule has 2 fully saturated rings. The molecule has 0 saturated carbocycles. The van der Waals surface area contributed by atoms with Gasteiger partial charge in [0, 0.05) is 18.0 Å². The van der Waals surface area contributed by atoms with Crippen LogP contribution in [0.2, 0.25) is 0 Å². The van der Waals surface area contributed by atoms with Crippen LogP contribution in [0.1, 0.15) is 18.4 Å². The summed E-state index contributed by atoms with van der Waals surface area (Å²) in [7, 11) is 0. The van der Waals surface area contributed by atoms with Crippen LogP contribution < -0.4 is 5.32 Å². The molecule has 0 aromatic heterocycles. The molecule has 2 aliphatic rings. The fourth-order valence-electron chi connectivity index (χ4n) is 3.78. The van der Waals surface area contributed by atoms with Crippen molar-refractivity contribution in [2.75, 3.05) is 45.6 Å². The molecule has 8 heteroatoms. The number of likely N-dealkylation sites (tertiary alicyclic amines) is 1. The summed E-state index contributed by atoms with van der Waals surface area (Å²) in [6.07, 6.45) is 5.70. The van der Waals surface area contributed by atoms with Crippen molar-refractivity contribution in [1.29, 1.82) is 5.26 Å². The lowest BCUT2D eigenvalue weighted by atomic mass is 9.84. The van der Waals surface area contributed by atoms with E-state index in [1.807, 2.05) is 12.4 Å². The van der Waals surface area contributed by atoms with Gasteiger partial charge in [0.2, 0.25) is 0 Å². The van der Waals surface area contributed by atoms with Gasteiger partial charge >= 0.3 is 0 Å². The Morgan fingerprint density at radius 3 is 2.59 bits per heavy atom. The first-order valence-electron chi connectivity index (χ1n) is 9.18. The quantitative estimate of drug-likeness (QED) is 0.359. The topological polar surface area (TPSA) is 69.9 Å². The normalized spacial score (nSPS) is 21.1. The van der Waals surface area contributed by atoms with Gasteiger partial charge in [-0.1, -0.05) is 23.9 Å². The molecule has 0 bridgehead atoms. The van der Waals surface area contributed by atoms with Gasteiger partial charge in [-0.2, -0.15) is 5.26 Å². The number of nitrogens with one attached hydrogen (secondary N) is 1. The van der Waals surface area contributed by atoms with E-state index >= 15 is 0 Å². The Kier molecular flexibility index (Phi) is 7.07. The molecule has 6 nitrogen and oxygen atoms in total. The lowest BCUT2D eigenvalue weighted by molar-refractivity contribution is -0.214. The van der Waals surface area contributed by atoms with Gasteiger partial charge in [0.25, 0.3) is 0 Å². The van der Waals surface area contributed by atoms with Gasteiger partial charge in [0.1, 0.15) is 5.82 Å². The van der Waals surface area contributed by atoms with Crippen molar-refractivity contribution in [3.05, 3.63) is 35.6 Å². The molecular formula is C19H25FN4O2S. The van der Waals surface area contributed by atoms with E-state index in [0.29, 0.717) is 24.9 Å². The molecule has 2 saturated heterocycles. The molecule has 2 aliphatic heterocycles. The van der Waals surface area contributed by atoms with Gasteiger partial charge in [-0.15, -0.1) is 0 Å². The summed E-state index contributed by atoms with van der Waals surface area (Å²) >= 11 is 1.43. The van der Waals surface area contributed by atoms with Crippen molar-refractivity contribution in [1.82, 2.24) is 10.2 Å². The summed E-state index contributed by atoms with van der Waals surface area (Å²) in [6, 6.07) is 6.48. The first-order chi connectivity index (χ1) is 13.2. The molecule has 1 N–H and O–H groups in total. The maximum Gasteiger partial charge on any atom is 0.197 e. The molecule has 0 unspecified atom stereocenters. The SMILES string of the molecule is CSC(=NCCN1CCC(C2(c3ccc(F)cc3)OCCO2)CC1)NC#N. The van der Waals surface area contributed by atoms with Crippen LogP contribution in [0.3, 0.4) is 0 Å². The average molecular weight is 393 g/mol. The van der Waals surface area contributed by atoms with Gasteiger partial charge < -0.3 is 14.4 Å². The van der Waals surface area contributed by atoms with Gasteiger partial charge in [-0.25, -0.2) is 4.39 Å². The zero-order valence-electron chi connectivity index (χ0n) is 15.5. The molecule has 2 heterocycles. The maximum atomic E-state index is 13.3. The second-order valence-corrected chi connectivity index (χ2v) is 7.41. The molecule has 27 heavy (non-hydrogen) atoms. The number of nitrogens with zero attached hydrogens (tertiary/aromatic N) is 3. The molecule has 1 aromatic rings. The van der Waals surface area contributed by atoms with Gasteiger partial charge in [-0.05, 0) is 44.3 Å². The number of aliphatic imine (C=N–C) groups is 1. The van der Waals surface area contributed by atoms with Crippen molar-refractivity contribution < 1.29 is 13.9 Å². The van der Waals surface area contributed by atoms with E-state index in [9.17, 15) is 4.39 Å². The number of ether oxygens (including phenoxy) is 2. The Bertz CT molecular complexity index is 678. The molecular weight excluding hydrogens is 367 g/mol. The van der Waals surface area contributed by atoms with E-state index in [2.05, 4.69) is 15.2 Å². The molecule has 146 valence electrons. The van der Waals surface area contributed by atoms with Crippen LogP contribution in [0, 0.1) is 23.2 Å². The van der Waals surface area contributed by atoms with Crippen molar-refractivity contribution in [3.8, 4) is 6.19 Å². The van der Waals surface area contributed by atoms with Gasteiger partial charge in [0.15, 0.2) is 17.1 Å². The third-order valence-corrected chi connectivity index (χ3v) is 5.73. The Balaban J connectivity index is 1.57. The Hall–Kier alpha value is -1.66. The molecule has 3 rings (SSSR count). The molecule has 0 aliphatic carbocycles. The monoisotopic (exact) mass is 392 g/mol. The Morgan fingerprint density at radius 2 is 2.00 bits per heavy atom. The largest absolute Gasteiger partial charge is 0.343 e. The standard InChI is InChI=1S/C19H25FN4O2S/c1-27-18(23-14-21)22-8-11-24-9-6-16(7-10-24)19(25-12-13-26-19)15-2-4-17(20)5-3-15/h2-5,16H,6-13H2,1H3,(H,22,23). The minimum atomic E-state index is -0.749. The van der Waals surface area contributed by atoms with E-state index in [4.69, 9.17) is 14.7 Å². The fourth-order valence-corrected chi connectivity index (χ4v) is 4.15. The van der Waals surface area contributed by atoms with E-state index in [1.54, 1.807) is 12.1 Å². The smallest absolute Gasteiger partial charge is 0.197 e. The first-order valence-corrected chi connectivity index (χ1v) is 10.4. The highest BCUT2D eigenvalue weighted by Gasteiger charge is 2.46. The molecule has 0 radical (unpaired) electrons. The van der Waals surface area contributed by atoms with Crippen LogP contribution in [0.5, 0.6) is 0 Å². The van der Waals surface area contributed by atoms with Crippen LogP contribution in [0.25, 0.3) is 0 Å². The van der Waals surface area contributed by atoms with Crippen LogP contribution in [-0.4, -0.2) is 55.7 Å². The maximum absolute atomic E-state index is 13.3. The second-order valence-electron chi connectivity index (χ2n) is 6.62. The number of halogens is 1. The van der Waals surface area contributed by atoms with Gasteiger partial charge in [-0.3, -0.25) is 10.3 Å². The van der Waals surface area contributed by atoms with E-state index < -0.39 is 5.79 Å². The van der Waals surface area contributed by atoms with Crippen LogP contribution >= 0.6 is 11.8 Å². The number of rotatable bonds is 5. The third kappa shape index (κ3) is 4.79. The number of hydrogen-bond donors (Lipinski definition) is 1. The number of hydrogen-bond acceptors (Lipinski definition) is 6. The summed E-state index contributed by atoms with van der Waals surface area (Å²) < 4.78 is 25.5. The van der Waals surface area contributed by atoms with Crippen LogP contribution in [0.4, 0.5) is 4.39 Å². The average Bonchev–Trinajstić information content (AvgIpc) is 3.19. The third-order valence-electron chi connectivity index (χ3n) is 5.12. The summed E-state index contributed by atoms with van der Waals surface area (Å²) in [5.41, 5.74) is 0.900. The highest BCUT2D eigenvalue weighted by molar-refractivity contribution is 8.13. The van der Waals surface area contributed by atoms with Crippen LogP contribution in [0.15, 0.2) is 29.3 Å². The molecule has 0 spiro atoms. The molecule has 0 amide bonds. The lowest BCUT2D eigenvalue weighted by Crippen LogP contribution is -2.44. The highest BCUT2D eigenvalue weighted by atomic mass is 32.2. The number of nitriles is 1. The number of amidine groups is 1. The molecule has 0 atom stereocenters. The highest BCUT2D eigenvalue weighted by Crippen LogP contribution is 2.43. The minimum absolute atomic E-state index is 0.243. The Labute approximate surface area is 163 Å². The van der Waals surface area contributed by atoms with Crippen molar-refractivity contribution in [2.45, 2.75) is 18.6 Å². The first kappa shape index (κ1) is 20.1. The van der Waals surface area contributed by atoms with Crippen molar-refractivity contribution in [2.24, 2.45) is 10.9 Å².